The summed E-state index contributed by atoms with van der Waals surface area (Å²) in [6.07, 6.45) is 1.50. The van der Waals surface area contributed by atoms with Crippen LogP contribution in [0, 0.1) is 0 Å². The van der Waals surface area contributed by atoms with Gasteiger partial charge < -0.3 is 20.0 Å². The Morgan fingerprint density at radius 2 is 1.87 bits per heavy atom. The van der Waals surface area contributed by atoms with Crippen LogP contribution < -0.4 is 0 Å². The Balaban J connectivity index is 2.02. The molecule has 1 atom stereocenters. The van der Waals surface area contributed by atoms with Crippen molar-refractivity contribution in [3.05, 3.63) is 23.8 Å². The molecule has 126 valence electrons. The van der Waals surface area contributed by atoms with Gasteiger partial charge in [-0.15, -0.1) is 0 Å². The fraction of sp³-hybridized carbons (Fsp3) is 0.529. The van der Waals surface area contributed by atoms with E-state index in [4.69, 9.17) is 4.99 Å². The van der Waals surface area contributed by atoms with Crippen molar-refractivity contribution < 1.29 is 10.2 Å². The van der Waals surface area contributed by atoms with Gasteiger partial charge in [-0.25, -0.2) is 0 Å². The smallest absolute Gasteiger partial charge is 0.157 e. The van der Waals surface area contributed by atoms with Crippen LogP contribution in [-0.2, 0) is 6.42 Å². The number of amidine groups is 2. The Morgan fingerprint density at radius 1 is 1.13 bits per heavy atom. The van der Waals surface area contributed by atoms with Gasteiger partial charge in [0.25, 0.3) is 0 Å². The number of phenolic OH excluding ortho intramolecular Hbond substituents is 2. The second-order valence-corrected chi connectivity index (χ2v) is 6.22. The van der Waals surface area contributed by atoms with Crippen LogP contribution in [0.3, 0.4) is 0 Å². The molecule has 0 aliphatic carbocycles. The van der Waals surface area contributed by atoms with Gasteiger partial charge in [-0.1, -0.05) is 6.07 Å². The summed E-state index contributed by atoms with van der Waals surface area (Å²) in [5.74, 6) is 1.91. The lowest BCUT2D eigenvalue weighted by Gasteiger charge is -2.23. The Labute approximate surface area is 137 Å². The molecule has 0 radical (unpaired) electrons. The van der Waals surface area contributed by atoms with Gasteiger partial charge >= 0.3 is 0 Å². The first-order chi connectivity index (χ1) is 10.9. The predicted octanol–water partition coefficient (Wildman–Crippen LogP) is 1.72. The minimum atomic E-state index is -0.0871. The van der Waals surface area contributed by atoms with Crippen molar-refractivity contribution >= 4 is 11.7 Å². The molecule has 0 spiro atoms. The highest BCUT2D eigenvalue weighted by Gasteiger charge is 2.17. The highest BCUT2D eigenvalue weighted by atomic mass is 16.3. The first-order valence-corrected chi connectivity index (χ1v) is 7.86. The van der Waals surface area contributed by atoms with Crippen LogP contribution >= 0.6 is 0 Å². The van der Waals surface area contributed by atoms with Crippen molar-refractivity contribution in [1.82, 2.24) is 9.80 Å². The molecule has 1 aromatic carbocycles. The lowest BCUT2D eigenvalue weighted by atomic mass is 10.1. The molecule has 1 aliphatic rings. The van der Waals surface area contributed by atoms with Crippen molar-refractivity contribution in [3.63, 3.8) is 0 Å². The Bertz CT molecular complexity index is 611. The van der Waals surface area contributed by atoms with Crippen LogP contribution in [0.25, 0.3) is 0 Å². The average Bonchev–Trinajstić information content (AvgIpc) is 2.70. The fourth-order valence-electron chi connectivity index (χ4n) is 2.46. The van der Waals surface area contributed by atoms with E-state index in [0.717, 1.165) is 43.2 Å². The molecule has 0 bridgehead atoms. The molecule has 23 heavy (non-hydrogen) atoms. The quantitative estimate of drug-likeness (QED) is 0.833. The highest BCUT2D eigenvalue weighted by molar-refractivity contribution is 6.02. The standard InChI is InChI=1S/C17H26N4O2/c1-12-11-18-16(20(2)3)10-17(19-12)21(4)8-7-13-5-6-14(22)15(23)9-13/h5-6,9,12,22-23H,7-8,10-11H2,1-4H3. The zero-order valence-corrected chi connectivity index (χ0v) is 14.3. The van der Waals surface area contributed by atoms with Gasteiger partial charge in [0.15, 0.2) is 11.5 Å². The minimum absolute atomic E-state index is 0.0763. The summed E-state index contributed by atoms with van der Waals surface area (Å²) < 4.78 is 0. The van der Waals surface area contributed by atoms with Gasteiger partial charge in [-0.05, 0) is 31.0 Å². The van der Waals surface area contributed by atoms with Crippen molar-refractivity contribution in [2.24, 2.45) is 9.98 Å². The molecule has 0 fully saturated rings. The Hall–Kier alpha value is -2.24. The summed E-state index contributed by atoms with van der Waals surface area (Å²) in [6.45, 7) is 3.58. The number of aromatic hydroxyl groups is 2. The maximum absolute atomic E-state index is 9.57. The zero-order valence-electron chi connectivity index (χ0n) is 14.3. The number of likely N-dealkylation sites (N-methyl/N-ethyl adjacent to an activating group) is 1. The number of rotatable bonds is 3. The van der Waals surface area contributed by atoms with Crippen LogP contribution in [0.5, 0.6) is 11.5 Å². The van der Waals surface area contributed by atoms with E-state index in [-0.39, 0.29) is 17.5 Å². The molecule has 1 unspecified atom stereocenters. The molecule has 1 heterocycles. The second-order valence-electron chi connectivity index (χ2n) is 6.22. The summed E-state index contributed by atoms with van der Waals surface area (Å²) >= 11 is 0. The van der Waals surface area contributed by atoms with Crippen molar-refractivity contribution in [2.75, 3.05) is 34.2 Å². The van der Waals surface area contributed by atoms with E-state index in [1.807, 2.05) is 32.1 Å². The van der Waals surface area contributed by atoms with Gasteiger partial charge in [-0.2, -0.15) is 0 Å². The van der Waals surface area contributed by atoms with Gasteiger partial charge in [0, 0.05) is 27.7 Å². The lowest BCUT2D eigenvalue weighted by molar-refractivity contribution is 0.402. The number of nitrogens with zero attached hydrogens (tertiary/aromatic N) is 4. The monoisotopic (exact) mass is 318 g/mol. The molecule has 2 rings (SSSR count). The molecular formula is C17H26N4O2. The molecule has 0 amide bonds. The van der Waals surface area contributed by atoms with Crippen LogP contribution in [0.2, 0.25) is 0 Å². The Morgan fingerprint density at radius 3 is 2.52 bits per heavy atom. The first kappa shape index (κ1) is 17.1. The Kier molecular flexibility index (Phi) is 5.47. The van der Waals surface area contributed by atoms with E-state index in [9.17, 15) is 10.2 Å². The van der Waals surface area contributed by atoms with Crippen molar-refractivity contribution in [3.8, 4) is 11.5 Å². The van der Waals surface area contributed by atoms with Crippen LogP contribution in [-0.4, -0.2) is 72.0 Å². The summed E-state index contributed by atoms with van der Waals surface area (Å²) in [5, 5.41) is 18.9. The van der Waals surface area contributed by atoms with Gasteiger partial charge in [-0.3, -0.25) is 9.98 Å². The molecular weight excluding hydrogens is 292 g/mol. The fourth-order valence-corrected chi connectivity index (χ4v) is 2.46. The number of benzene rings is 1. The topological polar surface area (TPSA) is 71.7 Å². The molecule has 6 nitrogen and oxygen atoms in total. The van der Waals surface area contributed by atoms with Crippen molar-refractivity contribution in [2.45, 2.75) is 25.8 Å². The van der Waals surface area contributed by atoms with E-state index >= 15 is 0 Å². The van der Waals surface area contributed by atoms with E-state index in [2.05, 4.69) is 16.8 Å². The summed E-state index contributed by atoms with van der Waals surface area (Å²) in [5.41, 5.74) is 0.982. The van der Waals surface area contributed by atoms with Gasteiger partial charge in [0.1, 0.15) is 11.7 Å². The molecule has 0 saturated heterocycles. The largest absolute Gasteiger partial charge is 0.504 e. The maximum Gasteiger partial charge on any atom is 0.157 e. The summed E-state index contributed by atoms with van der Waals surface area (Å²) in [7, 11) is 6.04. The minimum Gasteiger partial charge on any atom is -0.504 e. The molecule has 0 aromatic heterocycles. The van der Waals surface area contributed by atoms with Gasteiger partial charge in [0.05, 0.1) is 19.0 Å². The average molecular weight is 318 g/mol. The van der Waals surface area contributed by atoms with E-state index in [1.165, 1.54) is 6.07 Å². The van der Waals surface area contributed by atoms with E-state index in [1.54, 1.807) is 6.07 Å². The second kappa shape index (κ2) is 7.35. The van der Waals surface area contributed by atoms with E-state index in [0.29, 0.717) is 0 Å². The summed E-state index contributed by atoms with van der Waals surface area (Å²) in [4.78, 5) is 13.6. The van der Waals surface area contributed by atoms with Crippen molar-refractivity contribution in [1.29, 1.82) is 0 Å². The van der Waals surface area contributed by atoms with Crippen LogP contribution in [0.15, 0.2) is 28.2 Å². The predicted molar refractivity (Wildman–Crippen MR) is 93.6 cm³/mol. The number of hydrogen-bond acceptors (Lipinski definition) is 6. The first-order valence-electron chi connectivity index (χ1n) is 7.86. The maximum atomic E-state index is 9.57. The third-order valence-electron chi connectivity index (χ3n) is 3.96. The van der Waals surface area contributed by atoms with E-state index < -0.39 is 0 Å². The van der Waals surface area contributed by atoms with Crippen LogP contribution in [0.1, 0.15) is 18.9 Å². The molecule has 6 heteroatoms. The normalized spacial score (nSPS) is 18.0. The zero-order chi connectivity index (χ0) is 17.0. The molecule has 0 saturated carbocycles. The summed E-state index contributed by atoms with van der Waals surface area (Å²) in [6, 6.07) is 5.13. The number of phenols is 2. The number of aliphatic imine (C=N–C) groups is 2. The molecule has 2 N–H and O–H groups in total. The SMILES string of the molecule is CC1CN=C(N(C)C)CC(N(C)CCc2ccc(O)c(O)c2)=N1. The molecule has 1 aliphatic heterocycles. The van der Waals surface area contributed by atoms with Crippen LogP contribution in [0.4, 0.5) is 0 Å². The number of hydrogen-bond donors (Lipinski definition) is 2. The van der Waals surface area contributed by atoms with Gasteiger partial charge in [0.2, 0.25) is 0 Å². The molecule has 1 aromatic rings. The third kappa shape index (κ3) is 4.61. The third-order valence-corrected chi connectivity index (χ3v) is 3.96. The highest BCUT2D eigenvalue weighted by Crippen LogP contribution is 2.25. The lowest BCUT2D eigenvalue weighted by Crippen LogP contribution is -2.34.